The zero-order chi connectivity index (χ0) is 3.98. The Morgan fingerprint density at radius 1 is 1.43 bits per heavy atom. The minimum Gasteiger partial charge on any atom is -0.497 e. The first kappa shape index (κ1) is 5.47. The van der Waals surface area contributed by atoms with Crippen LogP contribution in [-0.2, 0) is 0 Å². The van der Waals surface area contributed by atoms with Gasteiger partial charge in [0.25, 0.3) is 0 Å². The Balaban J connectivity index is 0.000000245. The van der Waals surface area contributed by atoms with E-state index in [9.17, 15) is 0 Å². The number of rotatable bonds is 0. The molecule has 1 heteroatoms. The van der Waals surface area contributed by atoms with Crippen LogP contribution in [0.25, 0.3) is 0 Å². The molecule has 0 aromatic rings. The molecule has 0 aromatic heterocycles. The molecule has 0 saturated heterocycles. The van der Waals surface area contributed by atoms with Crippen LogP contribution in [0, 0.1) is 17.9 Å². The van der Waals surface area contributed by atoms with Gasteiger partial charge in [0.05, 0.1) is 0 Å². The summed E-state index contributed by atoms with van der Waals surface area (Å²) >= 11 is 0. The van der Waals surface area contributed by atoms with Crippen LogP contribution in [0.5, 0.6) is 0 Å². The van der Waals surface area contributed by atoms with Crippen LogP contribution in [0.3, 0.4) is 0 Å². The maximum atomic E-state index is 3.27. The number of hydrogen-bond donors (Lipinski definition) is 0. The van der Waals surface area contributed by atoms with E-state index < -0.39 is 0 Å². The molecule has 0 heterocycles. The Morgan fingerprint density at radius 2 is 2.14 bits per heavy atom. The van der Waals surface area contributed by atoms with Gasteiger partial charge in [-0.2, -0.15) is 5.92 Å². The van der Waals surface area contributed by atoms with Crippen molar-refractivity contribution in [3.8, 4) is 0 Å². The van der Waals surface area contributed by atoms with Crippen molar-refractivity contribution in [2.24, 2.45) is 11.8 Å². The molecule has 0 unspecified atom stereocenters. The van der Waals surface area contributed by atoms with E-state index >= 15 is 0 Å². The maximum absolute atomic E-state index is 3.27. The molecule has 0 aliphatic heterocycles. The van der Waals surface area contributed by atoms with Gasteiger partial charge in [-0.25, -0.2) is 0 Å². The van der Waals surface area contributed by atoms with E-state index in [4.69, 9.17) is 0 Å². The average Bonchev–Trinajstić information content (AvgIpc) is 1.72. The molecule has 3 aliphatic rings. The fraction of sp³-hybridized carbons (Fsp3) is 0.667. The van der Waals surface area contributed by atoms with Crippen molar-refractivity contribution in [1.82, 2.24) is 0 Å². The van der Waals surface area contributed by atoms with Crippen LogP contribution >= 0.6 is 0 Å². The SMILES string of the molecule is [C-]1=CC2CC1C2.[Li+]. The van der Waals surface area contributed by atoms with E-state index in [1.807, 2.05) is 0 Å². The predicted octanol–water partition coefficient (Wildman–Crippen LogP) is -1.61. The van der Waals surface area contributed by atoms with Crippen LogP contribution in [0.15, 0.2) is 6.08 Å². The van der Waals surface area contributed by atoms with Gasteiger partial charge in [-0.1, -0.05) is 18.8 Å². The molecule has 3 aliphatic carbocycles. The summed E-state index contributed by atoms with van der Waals surface area (Å²) in [6.07, 6.45) is 8.33. The molecule has 2 bridgehead atoms. The van der Waals surface area contributed by atoms with Gasteiger partial charge in [-0.15, -0.1) is 0 Å². The summed E-state index contributed by atoms with van der Waals surface area (Å²) in [4.78, 5) is 0. The molecule has 1 saturated carbocycles. The Labute approximate surface area is 56.2 Å². The normalized spacial score (nSPS) is 42.3. The van der Waals surface area contributed by atoms with Gasteiger partial charge in [-0.05, 0) is 0 Å². The molecule has 0 N–H and O–H groups in total. The van der Waals surface area contributed by atoms with Crippen molar-refractivity contribution in [3.05, 3.63) is 12.2 Å². The van der Waals surface area contributed by atoms with Gasteiger partial charge in [0.2, 0.25) is 0 Å². The number of hydrogen-bond acceptors (Lipinski definition) is 0. The fourth-order valence-corrected chi connectivity index (χ4v) is 1.21. The molecular formula is C6H7Li. The molecule has 0 aromatic carbocycles. The molecule has 7 heavy (non-hydrogen) atoms. The molecule has 0 radical (unpaired) electrons. The standard InChI is InChI=1S/C6H7.Li/c1-2-6-3-5(1)4-6;/h1,5-6H,3-4H2;/q-1;+1. The maximum Gasteiger partial charge on any atom is 1.00 e. The summed E-state index contributed by atoms with van der Waals surface area (Å²) in [6, 6.07) is 0. The van der Waals surface area contributed by atoms with E-state index in [1.54, 1.807) is 0 Å². The molecular weight excluding hydrogens is 79.0 g/mol. The summed E-state index contributed by atoms with van der Waals surface area (Å²) in [6.45, 7) is 0. The van der Waals surface area contributed by atoms with Gasteiger partial charge >= 0.3 is 18.9 Å². The first-order valence-electron chi connectivity index (χ1n) is 2.54. The number of allylic oxidation sites excluding steroid dienone is 2. The second-order valence-electron chi connectivity index (χ2n) is 2.26. The Bertz CT molecular complexity index is 80.4. The van der Waals surface area contributed by atoms with Crippen molar-refractivity contribution in [1.29, 1.82) is 0 Å². The second kappa shape index (κ2) is 1.69. The van der Waals surface area contributed by atoms with Crippen molar-refractivity contribution in [2.45, 2.75) is 12.8 Å². The monoisotopic (exact) mass is 86.1 g/mol. The predicted molar refractivity (Wildman–Crippen MR) is 24.0 cm³/mol. The molecule has 32 valence electrons. The van der Waals surface area contributed by atoms with E-state index in [0.717, 1.165) is 11.8 Å². The van der Waals surface area contributed by atoms with Gasteiger partial charge in [0, 0.05) is 0 Å². The molecule has 0 spiro atoms. The smallest absolute Gasteiger partial charge is 0.497 e. The van der Waals surface area contributed by atoms with Gasteiger partial charge < -0.3 is 6.08 Å². The fourth-order valence-electron chi connectivity index (χ4n) is 1.21. The van der Waals surface area contributed by atoms with Crippen molar-refractivity contribution in [2.75, 3.05) is 0 Å². The second-order valence-corrected chi connectivity index (χ2v) is 2.26. The van der Waals surface area contributed by atoms with Crippen LogP contribution in [0.1, 0.15) is 12.8 Å². The topological polar surface area (TPSA) is 0 Å². The molecule has 0 nitrogen and oxygen atoms in total. The zero-order valence-corrected chi connectivity index (χ0v) is 4.65. The first-order valence-corrected chi connectivity index (χ1v) is 2.54. The van der Waals surface area contributed by atoms with Gasteiger partial charge in [0.1, 0.15) is 0 Å². The average molecular weight is 86.1 g/mol. The Morgan fingerprint density at radius 3 is 2.29 bits per heavy atom. The molecule has 0 amide bonds. The quantitative estimate of drug-likeness (QED) is 0.246. The van der Waals surface area contributed by atoms with Crippen LogP contribution in [-0.4, -0.2) is 0 Å². The van der Waals surface area contributed by atoms with Gasteiger partial charge in [0.15, 0.2) is 0 Å². The molecule has 1 fully saturated rings. The summed E-state index contributed by atoms with van der Waals surface area (Å²) in [5, 5.41) is 0. The van der Waals surface area contributed by atoms with E-state index in [2.05, 4.69) is 12.2 Å². The van der Waals surface area contributed by atoms with E-state index in [-0.39, 0.29) is 18.9 Å². The van der Waals surface area contributed by atoms with Crippen molar-refractivity contribution < 1.29 is 18.9 Å². The Kier molecular flexibility index (Phi) is 1.32. The largest absolute Gasteiger partial charge is 1.00 e. The van der Waals surface area contributed by atoms with Crippen LogP contribution in [0.2, 0.25) is 0 Å². The third kappa shape index (κ3) is 0.670. The van der Waals surface area contributed by atoms with Crippen LogP contribution in [0.4, 0.5) is 0 Å². The minimum absolute atomic E-state index is 0. The van der Waals surface area contributed by atoms with Crippen molar-refractivity contribution in [3.63, 3.8) is 0 Å². The molecule has 3 rings (SSSR count). The molecule has 0 atom stereocenters. The van der Waals surface area contributed by atoms with E-state index in [0.29, 0.717) is 0 Å². The summed E-state index contributed by atoms with van der Waals surface area (Å²) in [5.41, 5.74) is 0. The van der Waals surface area contributed by atoms with Gasteiger partial charge in [-0.3, -0.25) is 6.08 Å². The zero-order valence-electron chi connectivity index (χ0n) is 4.65. The minimum atomic E-state index is 0. The van der Waals surface area contributed by atoms with Crippen LogP contribution < -0.4 is 18.9 Å². The Hall–Kier alpha value is 0.337. The first-order chi connectivity index (χ1) is 2.95. The summed E-state index contributed by atoms with van der Waals surface area (Å²) in [5.74, 6) is 1.84. The third-order valence-electron chi connectivity index (χ3n) is 1.74. The summed E-state index contributed by atoms with van der Waals surface area (Å²) in [7, 11) is 0. The summed E-state index contributed by atoms with van der Waals surface area (Å²) < 4.78 is 0. The van der Waals surface area contributed by atoms with E-state index in [1.165, 1.54) is 12.8 Å². The van der Waals surface area contributed by atoms with Crippen molar-refractivity contribution >= 4 is 0 Å². The third-order valence-corrected chi connectivity index (χ3v) is 1.74.